The maximum absolute atomic E-state index is 12.4. The van der Waals surface area contributed by atoms with Crippen LogP contribution in [0.15, 0.2) is 24.3 Å². The number of aliphatic carboxylic acids is 1. The number of nitrogens with one attached hydrogen (secondary N) is 1. The first kappa shape index (κ1) is 16.8. The molecule has 0 saturated carbocycles. The van der Waals surface area contributed by atoms with E-state index in [9.17, 15) is 14.4 Å². The Hall–Kier alpha value is -2.57. The van der Waals surface area contributed by atoms with Gasteiger partial charge in [0.25, 0.3) is 5.91 Å². The van der Waals surface area contributed by atoms with Crippen molar-refractivity contribution in [1.29, 1.82) is 0 Å². The second kappa shape index (κ2) is 7.13. The highest BCUT2D eigenvalue weighted by atomic mass is 16.4. The van der Waals surface area contributed by atoms with Gasteiger partial charge in [-0.05, 0) is 31.9 Å². The molecule has 7 heteroatoms. The predicted octanol–water partition coefficient (Wildman–Crippen LogP) is 0.909. The van der Waals surface area contributed by atoms with Crippen LogP contribution in [0.25, 0.3) is 0 Å². The zero-order valence-electron chi connectivity index (χ0n) is 13.0. The van der Waals surface area contributed by atoms with Crippen molar-refractivity contribution in [3.8, 4) is 0 Å². The molecule has 4 N–H and O–H groups in total. The van der Waals surface area contributed by atoms with Crippen LogP contribution in [0.5, 0.6) is 0 Å². The Morgan fingerprint density at radius 3 is 2.65 bits per heavy atom. The number of carbonyl (C=O) groups excluding carboxylic acids is 2. The van der Waals surface area contributed by atoms with E-state index in [1.807, 2.05) is 6.92 Å². The molecule has 1 aromatic carbocycles. The van der Waals surface area contributed by atoms with Gasteiger partial charge >= 0.3 is 5.97 Å². The summed E-state index contributed by atoms with van der Waals surface area (Å²) in [6.07, 6.45) is 1.25. The smallest absolute Gasteiger partial charge is 0.308 e. The average molecular weight is 319 g/mol. The lowest BCUT2D eigenvalue weighted by atomic mass is 9.93. The standard InChI is InChI=1S/C16H21N3O4/c1-10-6-7-11(16(22)23)9-19(10)14(20)8-18-13-5-3-2-4-12(13)15(17)21/h2-5,10-11,18H,6-9H2,1H3,(H2,17,21)(H,22,23). The van der Waals surface area contributed by atoms with Gasteiger partial charge in [0.05, 0.1) is 18.0 Å². The predicted molar refractivity (Wildman–Crippen MR) is 85.0 cm³/mol. The van der Waals surface area contributed by atoms with Crippen molar-refractivity contribution >= 4 is 23.5 Å². The van der Waals surface area contributed by atoms with Gasteiger partial charge in [-0.2, -0.15) is 0 Å². The maximum atomic E-state index is 12.4. The molecule has 1 aliphatic heterocycles. The summed E-state index contributed by atoms with van der Waals surface area (Å²) in [7, 11) is 0. The zero-order valence-corrected chi connectivity index (χ0v) is 13.0. The van der Waals surface area contributed by atoms with Gasteiger partial charge in [-0.25, -0.2) is 0 Å². The van der Waals surface area contributed by atoms with Gasteiger partial charge in [0.2, 0.25) is 5.91 Å². The number of carboxylic acids is 1. The van der Waals surface area contributed by atoms with Gasteiger partial charge in [-0.3, -0.25) is 14.4 Å². The second-order valence-electron chi connectivity index (χ2n) is 5.77. The maximum Gasteiger partial charge on any atom is 0.308 e. The molecule has 0 spiro atoms. The summed E-state index contributed by atoms with van der Waals surface area (Å²) in [4.78, 5) is 36.5. The van der Waals surface area contributed by atoms with Crippen molar-refractivity contribution in [2.45, 2.75) is 25.8 Å². The first-order chi connectivity index (χ1) is 10.9. The monoisotopic (exact) mass is 319 g/mol. The minimum absolute atomic E-state index is 0.00582. The number of nitrogens with zero attached hydrogens (tertiary/aromatic N) is 1. The highest BCUT2D eigenvalue weighted by Crippen LogP contribution is 2.22. The van der Waals surface area contributed by atoms with Crippen LogP contribution in [0.3, 0.4) is 0 Å². The SMILES string of the molecule is CC1CCC(C(=O)O)CN1C(=O)CNc1ccccc1C(N)=O. The number of likely N-dealkylation sites (tertiary alicyclic amines) is 1. The topological polar surface area (TPSA) is 113 Å². The molecule has 0 aromatic heterocycles. The van der Waals surface area contributed by atoms with Crippen LogP contribution >= 0.6 is 0 Å². The van der Waals surface area contributed by atoms with Gasteiger partial charge in [0, 0.05) is 18.3 Å². The number of hydrogen-bond acceptors (Lipinski definition) is 4. The Morgan fingerprint density at radius 1 is 1.30 bits per heavy atom. The van der Waals surface area contributed by atoms with Crippen LogP contribution in [-0.2, 0) is 9.59 Å². The van der Waals surface area contributed by atoms with E-state index in [4.69, 9.17) is 10.8 Å². The summed E-state index contributed by atoms with van der Waals surface area (Å²) >= 11 is 0. The van der Waals surface area contributed by atoms with Crippen LogP contribution in [0.2, 0.25) is 0 Å². The molecule has 2 amide bonds. The molecular formula is C16H21N3O4. The molecule has 2 rings (SSSR count). The first-order valence-electron chi connectivity index (χ1n) is 7.55. The molecular weight excluding hydrogens is 298 g/mol. The van der Waals surface area contributed by atoms with Gasteiger partial charge < -0.3 is 21.1 Å². The number of carbonyl (C=O) groups is 3. The molecule has 1 aromatic rings. The molecule has 7 nitrogen and oxygen atoms in total. The van der Waals surface area contributed by atoms with Crippen LogP contribution in [0.4, 0.5) is 5.69 Å². The van der Waals surface area contributed by atoms with Crippen LogP contribution < -0.4 is 11.1 Å². The number of piperidine rings is 1. The summed E-state index contributed by atoms with van der Waals surface area (Å²) in [6, 6.07) is 6.69. The van der Waals surface area contributed by atoms with E-state index < -0.39 is 17.8 Å². The van der Waals surface area contributed by atoms with Crippen molar-refractivity contribution in [2.24, 2.45) is 11.7 Å². The lowest BCUT2D eigenvalue weighted by Gasteiger charge is -2.36. The summed E-state index contributed by atoms with van der Waals surface area (Å²) in [5, 5.41) is 12.0. The molecule has 1 fully saturated rings. The molecule has 23 heavy (non-hydrogen) atoms. The van der Waals surface area contributed by atoms with Crippen molar-refractivity contribution in [3.63, 3.8) is 0 Å². The Bertz CT molecular complexity index is 617. The summed E-state index contributed by atoms with van der Waals surface area (Å²) < 4.78 is 0. The van der Waals surface area contributed by atoms with E-state index in [0.717, 1.165) is 0 Å². The fourth-order valence-corrected chi connectivity index (χ4v) is 2.78. The van der Waals surface area contributed by atoms with E-state index in [1.54, 1.807) is 29.2 Å². The fourth-order valence-electron chi connectivity index (χ4n) is 2.78. The van der Waals surface area contributed by atoms with Gasteiger partial charge in [-0.1, -0.05) is 12.1 Å². The van der Waals surface area contributed by atoms with Gasteiger partial charge in [0.1, 0.15) is 0 Å². The third-order valence-electron chi connectivity index (χ3n) is 4.17. The number of benzene rings is 1. The Morgan fingerprint density at radius 2 is 2.00 bits per heavy atom. The third kappa shape index (κ3) is 4.00. The minimum Gasteiger partial charge on any atom is -0.481 e. The van der Waals surface area contributed by atoms with Crippen LogP contribution in [0.1, 0.15) is 30.1 Å². The van der Waals surface area contributed by atoms with E-state index in [-0.39, 0.29) is 25.0 Å². The molecule has 0 bridgehead atoms. The number of hydrogen-bond donors (Lipinski definition) is 3. The van der Waals surface area contributed by atoms with Crippen molar-refractivity contribution in [3.05, 3.63) is 29.8 Å². The number of nitrogens with two attached hydrogens (primary N) is 1. The normalized spacial score (nSPS) is 20.8. The Balaban J connectivity index is 2.01. The Labute approximate surface area is 134 Å². The zero-order chi connectivity index (χ0) is 17.0. The second-order valence-corrected chi connectivity index (χ2v) is 5.77. The minimum atomic E-state index is -0.873. The van der Waals surface area contributed by atoms with Crippen molar-refractivity contribution in [1.82, 2.24) is 4.90 Å². The van der Waals surface area contributed by atoms with E-state index in [0.29, 0.717) is 24.1 Å². The van der Waals surface area contributed by atoms with E-state index in [2.05, 4.69) is 5.32 Å². The Kier molecular flexibility index (Phi) is 5.20. The van der Waals surface area contributed by atoms with Gasteiger partial charge in [0.15, 0.2) is 0 Å². The molecule has 1 heterocycles. The molecule has 1 saturated heterocycles. The molecule has 0 radical (unpaired) electrons. The van der Waals surface area contributed by atoms with Crippen LogP contribution in [-0.4, -0.2) is 46.9 Å². The first-order valence-corrected chi connectivity index (χ1v) is 7.55. The largest absolute Gasteiger partial charge is 0.481 e. The molecule has 1 aliphatic rings. The fraction of sp³-hybridized carbons (Fsp3) is 0.438. The summed E-state index contributed by atoms with van der Waals surface area (Å²) in [6.45, 7) is 2.11. The number of amides is 2. The number of rotatable bonds is 5. The number of anilines is 1. The molecule has 0 aliphatic carbocycles. The molecule has 2 unspecified atom stereocenters. The van der Waals surface area contributed by atoms with Crippen molar-refractivity contribution in [2.75, 3.05) is 18.4 Å². The molecule has 2 atom stereocenters. The van der Waals surface area contributed by atoms with E-state index >= 15 is 0 Å². The average Bonchev–Trinajstić information content (AvgIpc) is 2.53. The summed E-state index contributed by atoms with van der Waals surface area (Å²) in [5.41, 5.74) is 6.11. The van der Waals surface area contributed by atoms with Crippen molar-refractivity contribution < 1.29 is 19.5 Å². The quantitative estimate of drug-likeness (QED) is 0.746. The number of carboxylic acid groups (broad SMARTS) is 1. The number of para-hydroxylation sites is 1. The van der Waals surface area contributed by atoms with Crippen LogP contribution in [0, 0.1) is 5.92 Å². The molecule has 124 valence electrons. The number of primary amides is 1. The highest BCUT2D eigenvalue weighted by molar-refractivity contribution is 5.99. The summed E-state index contributed by atoms with van der Waals surface area (Å²) in [5.74, 6) is -2.16. The van der Waals surface area contributed by atoms with Gasteiger partial charge in [-0.15, -0.1) is 0 Å². The van der Waals surface area contributed by atoms with E-state index in [1.165, 1.54) is 0 Å². The lowest BCUT2D eigenvalue weighted by molar-refractivity contribution is -0.146. The highest BCUT2D eigenvalue weighted by Gasteiger charge is 2.32. The third-order valence-corrected chi connectivity index (χ3v) is 4.17. The lowest BCUT2D eigenvalue weighted by Crippen LogP contribution is -2.49.